The van der Waals surface area contributed by atoms with Crippen LogP contribution in [0.2, 0.25) is 0 Å². The van der Waals surface area contributed by atoms with Crippen molar-refractivity contribution in [2.45, 2.75) is 18.4 Å². The fraction of sp³-hybridized carbons (Fsp3) is 1.00. The summed E-state index contributed by atoms with van der Waals surface area (Å²) in [5.74, 6) is 0.233. The largest absolute Gasteiger partial charge is 0.377 e. The number of methoxy groups -OCH3 is 1. The van der Waals surface area contributed by atoms with Gasteiger partial charge in [0.25, 0.3) is 0 Å². The summed E-state index contributed by atoms with van der Waals surface area (Å²) in [7, 11) is 3.67. The number of piperidine rings is 1. The van der Waals surface area contributed by atoms with Crippen LogP contribution in [0.3, 0.4) is 0 Å². The minimum absolute atomic E-state index is 0.233. The highest BCUT2D eigenvalue weighted by molar-refractivity contribution is 7.79. The van der Waals surface area contributed by atoms with Gasteiger partial charge in [-0.05, 0) is 19.9 Å². The van der Waals surface area contributed by atoms with Gasteiger partial charge < -0.3 is 14.2 Å². The van der Waals surface area contributed by atoms with Crippen molar-refractivity contribution in [1.29, 1.82) is 0 Å². The molecule has 4 nitrogen and oxygen atoms in total. The summed E-state index contributed by atoms with van der Waals surface area (Å²) < 4.78 is 24.9. The monoisotopic (exact) mass is 207 g/mol. The molecule has 1 aliphatic rings. The first-order valence-electron chi connectivity index (χ1n) is 4.39. The van der Waals surface area contributed by atoms with E-state index in [4.69, 9.17) is 9.29 Å². The maximum Gasteiger partial charge on any atom is 0.155 e. The molecular weight excluding hydrogens is 190 g/mol. The highest BCUT2D eigenvalue weighted by Crippen LogP contribution is 2.25. The smallest absolute Gasteiger partial charge is 0.155 e. The lowest BCUT2D eigenvalue weighted by molar-refractivity contribution is -0.0356. The van der Waals surface area contributed by atoms with Crippen molar-refractivity contribution < 1.29 is 13.5 Å². The van der Waals surface area contributed by atoms with E-state index < -0.39 is 11.1 Å². The lowest BCUT2D eigenvalue weighted by Gasteiger charge is -2.38. The Bertz CT molecular complexity index is 190. The van der Waals surface area contributed by atoms with Crippen molar-refractivity contribution >= 4 is 11.1 Å². The molecule has 0 aromatic carbocycles. The number of hydrogen-bond donors (Lipinski definition) is 1. The zero-order chi connectivity index (χ0) is 9.90. The Hall–Kier alpha value is 0.0300. The van der Waals surface area contributed by atoms with E-state index in [0.717, 1.165) is 25.9 Å². The summed E-state index contributed by atoms with van der Waals surface area (Å²) in [6, 6.07) is 0. The van der Waals surface area contributed by atoms with Crippen molar-refractivity contribution in [2.75, 3.05) is 33.0 Å². The normalized spacial score (nSPS) is 25.8. The van der Waals surface area contributed by atoms with Crippen molar-refractivity contribution in [2.24, 2.45) is 0 Å². The van der Waals surface area contributed by atoms with Crippen LogP contribution in [0.1, 0.15) is 12.8 Å². The van der Waals surface area contributed by atoms with Gasteiger partial charge in [-0.1, -0.05) is 0 Å². The molecule has 0 aliphatic carbocycles. The van der Waals surface area contributed by atoms with Gasteiger partial charge in [-0.3, -0.25) is 0 Å². The molecule has 1 aliphatic heterocycles. The second-order valence-electron chi connectivity index (χ2n) is 3.66. The van der Waals surface area contributed by atoms with Gasteiger partial charge in [-0.15, -0.1) is 0 Å². The Morgan fingerprint density at radius 3 is 2.46 bits per heavy atom. The zero-order valence-electron chi connectivity index (χ0n) is 8.15. The first kappa shape index (κ1) is 11.1. The fourth-order valence-electron chi connectivity index (χ4n) is 1.66. The standard InChI is InChI=1S/C8H17NO3S/c1-9-5-3-8(12-2,4-6-9)7-13(10)11/h3-7H2,1-2H3,(H,10,11). The topological polar surface area (TPSA) is 49.8 Å². The molecule has 1 rings (SSSR count). The van der Waals surface area contributed by atoms with E-state index in [-0.39, 0.29) is 11.4 Å². The van der Waals surface area contributed by atoms with Crippen molar-refractivity contribution in [3.05, 3.63) is 0 Å². The molecule has 1 saturated heterocycles. The fourth-order valence-corrected chi connectivity index (χ4v) is 2.52. The van der Waals surface area contributed by atoms with Gasteiger partial charge in [-0.25, -0.2) is 4.21 Å². The van der Waals surface area contributed by atoms with E-state index in [1.165, 1.54) is 0 Å². The van der Waals surface area contributed by atoms with E-state index in [9.17, 15) is 4.21 Å². The Morgan fingerprint density at radius 1 is 1.54 bits per heavy atom. The first-order chi connectivity index (χ1) is 6.08. The molecule has 13 heavy (non-hydrogen) atoms. The summed E-state index contributed by atoms with van der Waals surface area (Å²) >= 11 is -1.76. The maximum atomic E-state index is 10.7. The Labute approximate surface area is 81.5 Å². The van der Waals surface area contributed by atoms with Crippen LogP contribution in [0.5, 0.6) is 0 Å². The Balaban J connectivity index is 2.55. The quantitative estimate of drug-likeness (QED) is 0.677. The molecule has 1 N–H and O–H groups in total. The molecule has 0 bridgehead atoms. The predicted octanol–water partition coefficient (Wildman–Crippen LogP) is 0.319. The SMILES string of the molecule is COC1(CS(=O)O)CCN(C)CC1. The van der Waals surface area contributed by atoms with E-state index in [0.29, 0.717) is 0 Å². The van der Waals surface area contributed by atoms with Crippen molar-refractivity contribution in [3.63, 3.8) is 0 Å². The minimum Gasteiger partial charge on any atom is -0.377 e. The first-order valence-corrected chi connectivity index (χ1v) is 5.67. The molecular formula is C8H17NO3S. The van der Waals surface area contributed by atoms with Crippen molar-refractivity contribution in [1.82, 2.24) is 4.90 Å². The second kappa shape index (κ2) is 4.50. The van der Waals surface area contributed by atoms with Crippen LogP contribution in [0.25, 0.3) is 0 Å². The van der Waals surface area contributed by atoms with Gasteiger partial charge in [0.15, 0.2) is 11.1 Å². The molecule has 0 aromatic heterocycles. The third kappa shape index (κ3) is 3.02. The van der Waals surface area contributed by atoms with Gasteiger partial charge in [0, 0.05) is 20.2 Å². The third-order valence-electron chi connectivity index (χ3n) is 2.72. The zero-order valence-corrected chi connectivity index (χ0v) is 8.97. The molecule has 1 atom stereocenters. The van der Waals surface area contributed by atoms with Crippen LogP contribution in [0, 0.1) is 0 Å². The van der Waals surface area contributed by atoms with E-state index in [1.54, 1.807) is 7.11 Å². The highest BCUT2D eigenvalue weighted by Gasteiger charge is 2.35. The van der Waals surface area contributed by atoms with Crippen LogP contribution < -0.4 is 0 Å². The number of nitrogens with zero attached hydrogens (tertiary/aromatic N) is 1. The second-order valence-corrected chi connectivity index (χ2v) is 4.59. The highest BCUT2D eigenvalue weighted by atomic mass is 32.2. The summed E-state index contributed by atoms with van der Waals surface area (Å²) in [4.78, 5) is 2.21. The molecule has 1 fully saturated rings. The van der Waals surface area contributed by atoms with Crippen LogP contribution in [-0.4, -0.2) is 52.3 Å². The summed E-state index contributed by atoms with van der Waals surface area (Å²) in [6.07, 6.45) is 1.68. The summed E-state index contributed by atoms with van der Waals surface area (Å²) in [5, 5.41) is 0. The summed E-state index contributed by atoms with van der Waals surface area (Å²) in [5.41, 5.74) is -0.369. The van der Waals surface area contributed by atoms with Crippen LogP contribution in [-0.2, 0) is 15.8 Å². The van der Waals surface area contributed by atoms with Gasteiger partial charge in [-0.2, -0.15) is 0 Å². The molecule has 1 unspecified atom stereocenters. The number of hydrogen-bond acceptors (Lipinski definition) is 3. The lowest BCUT2D eigenvalue weighted by atomic mass is 9.93. The summed E-state index contributed by atoms with van der Waals surface area (Å²) in [6.45, 7) is 1.87. The average Bonchev–Trinajstić information content (AvgIpc) is 2.09. The van der Waals surface area contributed by atoms with E-state index >= 15 is 0 Å². The molecule has 78 valence electrons. The maximum absolute atomic E-state index is 10.7. The van der Waals surface area contributed by atoms with Gasteiger partial charge >= 0.3 is 0 Å². The predicted molar refractivity (Wildman–Crippen MR) is 52.1 cm³/mol. The van der Waals surface area contributed by atoms with Crippen LogP contribution in [0.4, 0.5) is 0 Å². The average molecular weight is 207 g/mol. The molecule has 0 amide bonds. The third-order valence-corrected chi connectivity index (χ3v) is 3.49. The molecule has 0 saturated carbocycles. The minimum atomic E-state index is -1.76. The number of likely N-dealkylation sites (tertiary alicyclic amines) is 1. The Morgan fingerprint density at radius 2 is 2.08 bits per heavy atom. The number of rotatable bonds is 3. The van der Waals surface area contributed by atoms with Gasteiger partial charge in [0.1, 0.15) is 0 Å². The molecule has 5 heteroatoms. The molecule has 0 aromatic rings. The van der Waals surface area contributed by atoms with Crippen molar-refractivity contribution in [3.8, 4) is 0 Å². The van der Waals surface area contributed by atoms with E-state index in [2.05, 4.69) is 11.9 Å². The molecule has 0 radical (unpaired) electrons. The van der Waals surface area contributed by atoms with Crippen LogP contribution in [0.15, 0.2) is 0 Å². The van der Waals surface area contributed by atoms with E-state index in [1.807, 2.05) is 0 Å². The number of ether oxygens (including phenoxy) is 1. The lowest BCUT2D eigenvalue weighted by Crippen LogP contribution is -2.47. The molecule has 0 spiro atoms. The Kier molecular flexibility index (Phi) is 3.85. The van der Waals surface area contributed by atoms with Crippen LogP contribution >= 0.6 is 0 Å². The van der Waals surface area contributed by atoms with Gasteiger partial charge in [0.2, 0.25) is 0 Å². The molecule has 1 heterocycles. The van der Waals surface area contributed by atoms with Gasteiger partial charge in [0.05, 0.1) is 11.4 Å².